The number of nitrogens with one attached hydrogen (secondary N) is 1. The van der Waals surface area contributed by atoms with Crippen LogP contribution in [0.2, 0.25) is 0 Å². The second-order valence-corrected chi connectivity index (χ2v) is 5.31. The highest BCUT2D eigenvalue weighted by Crippen LogP contribution is 2.17. The SMILES string of the molecule is Cc1ncc(C=CCCNC(=O)OCc2ccccc2)cc1[N+](=O)[O-]. The minimum atomic E-state index is -0.482. The molecular weight excluding hydrogens is 322 g/mol. The van der Waals surface area contributed by atoms with E-state index in [0.717, 1.165) is 5.56 Å². The van der Waals surface area contributed by atoms with Crippen LogP contribution in [-0.2, 0) is 11.3 Å². The molecule has 1 aromatic carbocycles. The molecule has 0 spiro atoms. The first-order chi connectivity index (χ1) is 12.1. The average Bonchev–Trinajstić information content (AvgIpc) is 2.61. The number of benzene rings is 1. The van der Waals surface area contributed by atoms with E-state index >= 15 is 0 Å². The maximum Gasteiger partial charge on any atom is 0.407 e. The van der Waals surface area contributed by atoms with Crippen molar-refractivity contribution in [1.82, 2.24) is 10.3 Å². The summed E-state index contributed by atoms with van der Waals surface area (Å²) in [5, 5.41) is 13.5. The number of nitrogens with zero attached hydrogens (tertiary/aromatic N) is 2. The molecule has 130 valence electrons. The van der Waals surface area contributed by atoms with E-state index in [-0.39, 0.29) is 12.3 Å². The van der Waals surface area contributed by atoms with Gasteiger partial charge in [0.25, 0.3) is 5.69 Å². The summed E-state index contributed by atoms with van der Waals surface area (Å²) < 4.78 is 5.09. The van der Waals surface area contributed by atoms with Crippen LogP contribution in [0.15, 0.2) is 48.7 Å². The molecule has 0 aliphatic heterocycles. The van der Waals surface area contributed by atoms with Crippen molar-refractivity contribution >= 4 is 17.9 Å². The van der Waals surface area contributed by atoms with Crippen LogP contribution in [0.3, 0.4) is 0 Å². The number of aromatic nitrogens is 1. The Labute approximate surface area is 145 Å². The van der Waals surface area contributed by atoms with E-state index in [9.17, 15) is 14.9 Å². The normalized spacial score (nSPS) is 10.6. The van der Waals surface area contributed by atoms with Gasteiger partial charge in [-0.05, 0) is 24.5 Å². The van der Waals surface area contributed by atoms with Crippen LogP contribution in [0.25, 0.3) is 6.08 Å². The van der Waals surface area contributed by atoms with Crippen molar-refractivity contribution in [1.29, 1.82) is 0 Å². The number of ether oxygens (including phenoxy) is 1. The Morgan fingerprint density at radius 2 is 2.12 bits per heavy atom. The van der Waals surface area contributed by atoms with Crippen LogP contribution in [-0.4, -0.2) is 22.5 Å². The van der Waals surface area contributed by atoms with Gasteiger partial charge in [-0.25, -0.2) is 4.79 Å². The third-order valence-corrected chi connectivity index (χ3v) is 3.38. The molecule has 0 unspecified atom stereocenters. The standard InChI is InChI=1S/C18H19N3O4/c1-14-17(21(23)24)11-16(12-20-14)9-5-6-10-19-18(22)25-13-15-7-3-2-4-8-15/h2-5,7-9,11-12H,6,10,13H2,1H3,(H,19,22). The van der Waals surface area contributed by atoms with Gasteiger partial charge in [-0.1, -0.05) is 42.5 Å². The monoisotopic (exact) mass is 341 g/mol. The molecule has 2 rings (SSSR count). The van der Waals surface area contributed by atoms with Gasteiger partial charge in [0.1, 0.15) is 12.3 Å². The summed E-state index contributed by atoms with van der Waals surface area (Å²) in [4.78, 5) is 26.0. The zero-order valence-electron chi connectivity index (χ0n) is 13.8. The first-order valence-electron chi connectivity index (χ1n) is 7.78. The fourth-order valence-electron chi connectivity index (χ4n) is 2.06. The second-order valence-electron chi connectivity index (χ2n) is 5.31. The molecule has 1 aromatic heterocycles. The third-order valence-electron chi connectivity index (χ3n) is 3.38. The fraction of sp³-hybridized carbons (Fsp3) is 0.222. The summed E-state index contributed by atoms with van der Waals surface area (Å²) in [7, 11) is 0. The number of hydrogen-bond acceptors (Lipinski definition) is 5. The van der Waals surface area contributed by atoms with Gasteiger partial charge in [-0.2, -0.15) is 0 Å². The van der Waals surface area contributed by atoms with Gasteiger partial charge in [0.05, 0.1) is 4.92 Å². The van der Waals surface area contributed by atoms with Gasteiger partial charge in [0, 0.05) is 18.8 Å². The molecule has 7 nitrogen and oxygen atoms in total. The molecule has 1 amide bonds. The Morgan fingerprint density at radius 1 is 1.36 bits per heavy atom. The van der Waals surface area contributed by atoms with E-state index < -0.39 is 11.0 Å². The Balaban J connectivity index is 1.72. The summed E-state index contributed by atoms with van der Waals surface area (Å²) in [6.07, 6.45) is 5.21. The molecule has 0 radical (unpaired) electrons. The van der Waals surface area contributed by atoms with Crippen molar-refractivity contribution < 1.29 is 14.5 Å². The summed E-state index contributed by atoms with van der Waals surface area (Å²) >= 11 is 0. The third kappa shape index (κ3) is 6.06. The topological polar surface area (TPSA) is 94.4 Å². The number of pyridine rings is 1. The maximum atomic E-state index is 11.6. The molecule has 7 heteroatoms. The quantitative estimate of drug-likeness (QED) is 0.471. The number of hydrogen-bond donors (Lipinski definition) is 1. The lowest BCUT2D eigenvalue weighted by Gasteiger charge is -2.05. The predicted molar refractivity (Wildman–Crippen MR) is 93.9 cm³/mol. The van der Waals surface area contributed by atoms with Crippen molar-refractivity contribution in [3.8, 4) is 0 Å². The molecular formula is C18H19N3O4. The Morgan fingerprint density at radius 3 is 2.84 bits per heavy atom. The number of alkyl carbamates (subject to hydrolysis) is 1. The van der Waals surface area contributed by atoms with Gasteiger partial charge < -0.3 is 10.1 Å². The van der Waals surface area contributed by atoms with Crippen LogP contribution >= 0.6 is 0 Å². The predicted octanol–water partition coefficient (Wildman–Crippen LogP) is 3.63. The van der Waals surface area contributed by atoms with Gasteiger partial charge in [-0.15, -0.1) is 0 Å². The number of aryl methyl sites for hydroxylation is 1. The number of carbonyl (C=O) groups is 1. The van der Waals surface area contributed by atoms with Crippen LogP contribution in [0.5, 0.6) is 0 Å². The first kappa shape index (κ1) is 18.1. The molecule has 0 bridgehead atoms. The lowest BCUT2D eigenvalue weighted by Crippen LogP contribution is -2.24. The molecule has 0 saturated heterocycles. The minimum Gasteiger partial charge on any atom is -0.445 e. The molecule has 0 aliphatic carbocycles. The largest absolute Gasteiger partial charge is 0.445 e. The summed E-state index contributed by atoms with van der Waals surface area (Å²) in [5.74, 6) is 0. The van der Waals surface area contributed by atoms with Crippen molar-refractivity contribution in [2.24, 2.45) is 0 Å². The molecule has 0 fully saturated rings. The van der Waals surface area contributed by atoms with E-state index in [0.29, 0.717) is 24.2 Å². The lowest BCUT2D eigenvalue weighted by atomic mass is 10.2. The summed E-state index contributed by atoms with van der Waals surface area (Å²) in [6.45, 7) is 2.23. The van der Waals surface area contributed by atoms with Crippen LogP contribution < -0.4 is 5.32 Å². The zero-order chi connectivity index (χ0) is 18.1. The maximum absolute atomic E-state index is 11.6. The summed E-state index contributed by atoms with van der Waals surface area (Å²) in [6, 6.07) is 10.9. The molecule has 1 N–H and O–H groups in total. The zero-order valence-corrected chi connectivity index (χ0v) is 13.8. The van der Waals surface area contributed by atoms with Gasteiger partial charge >= 0.3 is 6.09 Å². The van der Waals surface area contributed by atoms with E-state index in [2.05, 4.69) is 10.3 Å². The molecule has 0 atom stereocenters. The van der Waals surface area contributed by atoms with Gasteiger partial charge in [0.15, 0.2) is 0 Å². The molecule has 0 saturated carbocycles. The van der Waals surface area contributed by atoms with E-state index in [1.54, 1.807) is 19.2 Å². The van der Waals surface area contributed by atoms with Crippen molar-refractivity contribution in [2.75, 3.05) is 6.54 Å². The number of nitro groups is 1. The van der Waals surface area contributed by atoms with E-state index in [1.165, 1.54) is 6.07 Å². The fourth-order valence-corrected chi connectivity index (χ4v) is 2.06. The van der Waals surface area contributed by atoms with Crippen molar-refractivity contribution in [2.45, 2.75) is 20.0 Å². The molecule has 0 aliphatic rings. The Bertz CT molecular complexity index is 760. The number of carbonyl (C=O) groups excluding carboxylic acids is 1. The van der Waals surface area contributed by atoms with E-state index in [4.69, 9.17) is 4.74 Å². The lowest BCUT2D eigenvalue weighted by molar-refractivity contribution is -0.385. The highest BCUT2D eigenvalue weighted by atomic mass is 16.6. The van der Waals surface area contributed by atoms with Crippen LogP contribution in [0.1, 0.15) is 23.2 Å². The molecule has 25 heavy (non-hydrogen) atoms. The van der Waals surface area contributed by atoms with E-state index in [1.807, 2.05) is 36.4 Å². The Hall–Kier alpha value is -3.22. The molecule has 2 aromatic rings. The molecule has 1 heterocycles. The average molecular weight is 341 g/mol. The first-order valence-corrected chi connectivity index (χ1v) is 7.78. The number of rotatable bonds is 7. The van der Waals surface area contributed by atoms with Crippen molar-refractivity contribution in [3.63, 3.8) is 0 Å². The van der Waals surface area contributed by atoms with Crippen LogP contribution in [0, 0.1) is 17.0 Å². The second kappa shape index (κ2) is 9.17. The highest BCUT2D eigenvalue weighted by Gasteiger charge is 2.11. The summed E-state index contributed by atoms with van der Waals surface area (Å²) in [5.41, 5.74) is 1.93. The smallest absolute Gasteiger partial charge is 0.407 e. The van der Waals surface area contributed by atoms with Gasteiger partial charge in [-0.3, -0.25) is 15.1 Å². The highest BCUT2D eigenvalue weighted by molar-refractivity contribution is 5.67. The van der Waals surface area contributed by atoms with Crippen LogP contribution in [0.4, 0.5) is 10.5 Å². The van der Waals surface area contributed by atoms with Gasteiger partial charge in [0.2, 0.25) is 0 Å². The minimum absolute atomic E-state index is 0.00948. The van der Waals surface area contributed by atoms with Crippen molar-refractivity contribution in [3.05, 3.63) is 75.6 Å². The Kier molecular flexibility index (Phi) is 6.65. The number of amides is 1.